The van der Waals surface area contributed by atoms with Gasteiger partial charge in [0.15, 0.2) is 0 Å². The molecule has 2 aromatic carbocycles. The molecule has 152 valence electrons. The van der Waals surface area contributed by atoms with E-state index in [-0.39, 0.29) is 22.8 Å². The van der Waals surface area contributed by atoms with Gasteiger partial charge < -0.3 is 9.64 Å². The second kappa shape index (κ2) is 9.47. The molecule has 1 aliphatic rings. The summed E-state index contributed by atoms with van der Waals surface area (Å²) in [5.41, 5.74) is 1.92. The van der Waals surface area contributed by atoms with Crippen molar-refractivity contribution in [3.8, 4) is 0 Å². The van der Waals surface area contributed by atoms with Gasteiger partial charge in [-0.1, -0.05) is 53.5 Å². The number of carbonyl (C=O) groups excluding carboxylic acids is 2. The summed E-state index contributed by atoms with van der Waals surface area (Å²) in [4.78, 5) is 27.9. The van der Waals surface area contributed by atoms with Crippen molar-refractivity contribution in [2.24, 2.45) is 0 Å². The van der Waals surface area contributed by atoms with E-state index in [4.69, 9.17) is 27.9 Å². The summed E-state index contributed by atoms with van der Waals surface area (Å²) in [7, 11) is 0. The highest BCUT2D eigenvalue weighted by Crippen LogP contribution is 2.32. The zero-order valence-electron chi connectivity index (χ0n) is 16.5. The van der Waals surface area contributed by atoms with Gasteiger partial charge in [0.05, 0.1) is 11.6 Å². The third-order valence-corrected chi connectivity index (χ3v) is 5.72. The van der Waals surface area contributed by atoms with E-state index < -0.39 is 11.8 Å². The first-order chi connectivity index (χ1) is 13.9. The Labute approximate surface area is 181 Å². The summed E-state index contributed by atoms with van der Waals surface area (Å²) < 4.78 is 5.17. The van der Waals surface area contributed by atoms with Gasteiger partial charge in [0, 0.05) is 29.4 Å². The number of nitrogens with zero attached hydrogens (tertiary/aromatic N) is 1. The van der Waals surface area contributed by atoms with E-state index in [2.05, 4.69) is 0 Å². The minimum atomic E-state index is -0.653. The molecule has 2 aromatic rings. The molecule has 6 heteroatoms. The smallest absolute Gasteiger partial charge is 0.343 e. The number of ketones is 1. The molecule has 29 heavy (non-hydrogen) atoms. The van der Waals surface area contributed by atoms with Gasteiger partial charge in [-0.05, 0) is 49.9 Å². The Balaban J connectivity index is 1.98. The predicted molar refractivity (Wildman–Crippen MR) is 115 cm³/mol. The Morgan fingerprint density at radius 3 is 2.45 bits per heavy atom. The van der Waals surface area contributed by atoms with Crippen molar-refractivity contribution in [1.29, 1.82) is 0 Å². The Morgan fingerprint density at radius 2 is 1.83 bits per heavy atom. The lowest BCUT2D eigenvalue weighted by Gasteiger charge is -2.22. The molecule has 0 unspecified atom stereocenters. The summed E-state index contributed by atoms with van der Waals surface area (Å²) in [5.74, 6) is -1.12. The van der Waals surface area contributed by atoms with Gasteiger partial charge >= 0.3 is 5.97 Å². The molecule has 1 saturated carbocycles. The van der Waals surface area contributed by atoms with Crippen LogP contribution in [0.5, 0.6) is 0 Å². The zero-order chi connectivity index (χ0) is 21.0. The maximum absolute atomic E-state index is 13.3. The van der Waals surface area contributed by atoms with E-state index in [1.54, 1.807) is 32.2 Å². The van der Waals surface area contributed by atoms with Gasteiger partial charge in [-0.15, -0.1) is 0 Å². The molecule has 0 radical (unpaired) electrons. The SMILES string of the molecule is CCOC(=O)/C(=C\N(Cc1ccccc1)C1CC1)C(=O)c1ccc(Cl)c(C)c1Cl. The van der Waals surface area contributed by atoms with E-state index >= 15 is 0 Å². The van der Waals surface area contributed by atoms with Crippen LogP contribution in [0.2, 0.25) is 10.0 Å². The fourth-order valence-corrected chi connectivity index (χ4v) is 3.50. The van der Waals surface area contributed by atoms with Gasteiger partial charge in [-0.2, -0.15) is 0 Å². The van der Waals surface area contributed by atoms with Crippen LogP contribution in [0.15, 0.2) is 54.2 Å². The first-order valence-corrected chi connectivity index (χ1v) is 10.4. The molecule has 0 aliphatic heterocycles. The normalized spacial score (nSPS) is 13.9. The molecule has 3 rings (SSSR count). The van der Waals surface area contributed by atoms with E-state index in [1.807, 2.05) is 35.2 Å². The van der Waals surface area contributed by atoms with Crippen LogP contribution < -0.4 is 0 Å². The van der Waals surface area contributed by atoms with Gasteiger partial charge in [0.2, 0.25) is 5.78 Å². The Morgan fingerprint density at radius 1 is 1.14 bits per heavy atom. The number of ether oxygens (including phenoxy) is 1. The number of Topliss-reactive ketones (excluding diaryl/α,β-unsaturated/α-hetero) is 1. The van der Waals surface area contributed by atoms with Crippen LogP contribution in [0.3, 0.4) is 0 Å². The molecule has 0 aromatic heterocycles. The van der Waals surface area contributed by atoms with Crippen LogP contribution in [-0.2, 0) is 16.1 Å². The molecule has 0 amide bonds. The fourth-order valence-electron chi connectivity index (χ4n) is 3.04. The van der Waals surface area contributed by atoms with Gasteiger partial charge in [-0.3, -0.25) is 4.79 Å². The number of carbonyl (C=O) groups is 2. The summed E-state index contributed by atoms with van der Waals surface area (Å²) in [6.45, 7) is 4.23. The largest absolute Gasteiger partial charge is 0.462 e. The zero-order valence-corrected chi connectivity index (χ0v) is 18.0. The highest BCUT2D eigenvalue weighted by molar-refractivity contribution is 6.40. The molecular weight excluding hydrogens is 409 g/mol. The van der Waals surface area contributed by atoms with Crippen LogP contribution in [0.25, 0.3) is 0 Å². The van der Waals surface area contributed by atoms with Crippen molar-refractivity contribution in [3.05, 3.63) is 81.0 Å². The second-order valence-electron chi connectivity index (χ2n) is 7.02. The Bertz CT molecular complexity index is 937. The van der Waals surface area contributed by atoms with E-state index in [0.717, 1.165) is 18.4 Å². The monoisotopic (exact) mass is 431 g/mol. The maximum Gasteiger partial charge on any atom is 0.343 e. The number of benzene rings is 2. The Hall–Kier alpha value is -2.30. The van der Waals surface area contributed by atoms with Crippen LogP contribution in [0.4, 0.5) is 0 Å². The maximum atomic E-state index is 13.3. The van der Waals surface area contributed by atoms with Crippen molar-refractivity contribution in [1.82, 2.24) is 4.90 Å². The first-order valence-electron chi connectivity index (χ1n) is 9.60. The lowest BCUT2D eigenvalue weighted by Crippen LogP contribution is -2.25. The molecule has 1 aliphatic carbocycles. The average Bonchev–Trinajstić information content (AvgIpc) is 3.55. The van der Waals surface area contributed by atoms with Crippen molar-refractivity contribution < 1.29 is 14.3 Å². The van der Waals surface area contributed by atoms with E-state index in [0.29, 0.717) is 23.2 Å². The standard InChI is InChI=1S/C23H23Cl2NO3/c1-3-29-23(28)19(22(27)18-11-12-20(24)15(2)21(18)25)14-26(17-9-10-17)13-16-7-5-4-6-8-16/h4-8,11-12,14,17H,3,9-10,13H2,1-2H3/b19-14-. The topological polar surface area (TPSA) is 46.6 Å². The van der Waals surface area contributed by atoms with Crippen molar-refractivity contribution >= 4 is 35.0 Å². The number of rotatable bonds is 8. The third kappa shape index (κ3) is 5.20. The number of esters is 1. The minimum absolute atomic E-state index is 0.0293. The van der Waals surface area contributed by atoms with Crippen molar-refractivity contribution in [3.63, 3.8) is 0 Å². The van der Waals surface area contributed by atoms with E-state index in [1.165, 1.54) is 0 Å². The predicted octanol–water partition coefficient (Wildman–Crippen LogP) is 5.60. The first kappa shape index (κ1) is 21.4. The molecule has 0 heterocycles. The Kier molecular flexibility index (Phi) is 6.99. The fraction of sp³-hybridized carbons (Fsp3) is 0.304. The highest BCUT2D eigenvalue weighted by Gasteiger charge is 2.31. The van der Waals surface area contributed by atoms with Gasteiger partial charge in [0.1, 0.15) is 5.57 Å². The molecular formula is C23H23Cl2NO3. The number of hydrogen-bond donors (Lipinski definition) is 0. The van der Waals surface area contributed by atoms with Gasteiger partial charge in [-0.25, -0.2) is 4.79 Å². The summed E-state index contributed by atoms with van der Waals surface area (Å²) >= 11 is 12.5. The molecule has 4 nitrogen and oxygen atoms in total. The number of hydrogen-bond acceptors (Lipinski definition) is 4. The van der Waals surface area contributed by atoms with E-state index in [9.17, 15) is 9.59 Å². The second-order valence-corrected chi connectivity index (χ2v) is 7.80. The average molecular weight is 432 g/mol. The molecule has 0 spiro atoms. The molecule has 0 saturated heterocycles. The third-order valence-electron chi connectivity index (χ3n) is 4.82. The van der Waals surface area contributed by atoms with Crippen molar-refractivity contribution in [2.75, 3.05) is 6.61 Å². The van der Waals surface area contributed by atoms with Crippen LogP contribution >= 0.6 is 23.2 Å². The van der Waals surface area contributed by atoms with Crippen LogP contribution in [0, 0.1) is 6.92 Å². The lowest BCUT2D eigenvalue weighted by atomic mass is 10.0. The minimum Gasteiger partial charge on any atom is -0.462 e. The van der Waals surface area contributed by atoms with Crippen LogP contribution in [-0.4, -0.2) is 29.3 Å². The lowest BCUT2D eigenvalue weighted by molar-refractivity contribution is -0.138. The summed E-state index contributed by atoms with van der Waals surface area (Å²) in [6.07, 6.45) is 3.67. The molecule has 0 atom stereocenters. The molecule has 1 fully saturated rings. The molecule has 0 N–H and O–H groups in total. The molecule has 0 bridgehead atoms. The number of halogens is 2. The summed E-state index contributed by atoms with van der Waals surface area (Å²) in [6, 6.07) is 13.4. The van der Waals surface area contributed by atoms with Crippen LogP contribution in [0.1, 0.15) is 41.3 Å². The van der Waals surface area contributed by atoms with Gasteiger partial charge in [0.25, 0.3) is 0 Å². The summed E-state index contributed by atoms with van der Waals surface area (Å²) in [5, 5.41) is 0.718. The highest BCUT2D eigenvalue weighted by atomic mass is 35.5. The van der Waals surface area contributed by atoms with Crippen molar-refractivity contribution in [2.45, 2.75) is 39.3 Å². The quantitative estimate of drug-likeness (QED) is 0.179.